The maximum atomic E-state index is 11.9. The molecule has 0 radical (unpaired) electrons. The molecule has 7 nitrogen and oxygen atoms in total. The molecule has 43 heavy (non-hydrogen) atoms. The average Bonchev–Trinajstić information content (AvgIpc) is 3.33. The normalized spacial score (nSPS) is 43.2. The van der Waals surface area contributed by atoms with Gasteiger partial charge in [-0.25, -0.2) is 0 Å². The standard InChI is InChI=1S/C36H59NO6/c1-32(2)28-13-16-34(4)29(33(28,3)20-25(39)31(32)40)19-24(38)30-23(12-15-35(30,34)5)36(6,41)14-9-17-37-21-22-10-11-26(42-7)27(18-22)43-8/h10-11,18,23-25,28-31,37-41H,9,12-17,19-21H2,1-8H3/t23-,24+,25+,28-,29+,30-,31-,33-,34+,35+,36-/m0/s1. The van der Waals surface area contributed by atoms with Crippen LogP contribution in [0.4, 0.5) is 0 Å². The van der Waals surface area contributed by atoms with Crippen molar-refractivity contribution in [2.24, 2.45) is 45.3 Å². The fourth-order valence-corrected chi connectivity index (χ4v) is 11.6. The Morgan fingerprint density at radius 2 is 1.58 bits per heavy atom. The van der Waals surface area contributed by atoms with Crippen molar-refractivity contribution in [2.45, 2.75) is 123 Å². The van der Waals surface area contributed by atoms with Crippen LogP contribution in [0.1, 0.15) is 98.5 Å². The largest absolute Gasteiger partial charge is 0.493 e. The van der Waals surface area contributed by atoms with Crippen molar-refractivity contribution in [1.82, 2.24) is 5.32 Å². The monoisotopic (exact) mass is 601 g/mol. The molecular weight excluding hydrogens is 542 g/mol. The van der Waals surface area contributed by atoms with Crippen molar-refractivity contribution >= 4 is 0 Å². The van der Waals surface area contributed by atoms with Gasteiger partial charge in [0.1, 0.15) is 0 Å². The van der Waals surface area contributed by atoms with Crippen molar-refractivity contribution in [1.29, 1.82) is 0 Å². The minimum absolute atomic E-state index is 0.00600. The lowest BCUT2D eigenvalue weighted by Gasteiger charge is -2.71. The zero-order valence-electron chi connectivity index (χ0n) is 27.9. The van der Waals surface area contributed by atoms with Crippen LogP contribution in [-0.4, -0.2) is 65.1 Å². The summed E-state index contributed by atoms with van der Waals surface area (Å²) in [5.41, 5.74) is -0.334. The number of aliphatic hydroxyl groups excluding tert-OH is 3. The van der Waals surface area contributed by atoms with Gasteiger partial charge < -0.3 is 35.2 Å². The number of hydrogen-bond acceptors (Lipinski definition) is 7. The number of benzene rings is 1. The minimum atomic E-state index is -0.855. The molecule has 0 aromatic heterocycles. The van der Waals surface area contributed by atoms with Gasteiger partial charge in [-0.2, -0.15) is 0 Å². The van der Waals surface area contributed by atoms with E-state index in [0.717, 1.165) is 55.7 Å². The molecular formula is C36H59NO6. The number of ether oxygens (including phenoxy) is 2. The Hall–Kier alpha value is -1.38. The van der Waals surface area contributed by atoms with Gasteiger partial charge in [0.2, 0.25) is 0 Å². The fourth-order valence-electron chi connectivity index (χ4n) is 11.6. The summed E-state index contributed by atoms with van der Waals surface area (Å²) in [6.45, 7) is 15.0. The average molecular weight is 602 g/mol. The molecule has 0 unspecified atom stereocenters. The number of fused-ring (bicyclic) bond motifs is 5. The van der Waals surface area contributed by atoms with Gasteiger partial charge in [0, 0.05) is 6.54 Å². The van der Waals surface area contributed by atoms with Crippen molar-refractivity contribution in [3.63, 3.8) is 0 Å². The van der Waals surface area contributed by atoms with Gasteiger partial charge in [-0.05, 0) is 128 Å². The lowest BCUT2D eigenvalue weighted by atomic mass is 9.35. The summed E-state index contributed by atoms with van der Waals surface area (Å²) >= 11 is 0. The Bertz CT molecular complexity index is 1150. The van der Waals surface area contributed by atoms with E-state index in [9.17, 15) is 20.4 Å². The van der Waals surface area contributed by atoms with E-state index in [1.54, 1.807) is 14.2 Å². The Kier molecular flexibility index (Phi) is 8.79. The lowest BCUT2D eigenvalue weighted by Crippen LogP contribution is -2.68. The maximum Gasteiger partial charge on any atom is 0.161 e. The van der Waals surface area contributed by atoms with E-state index in [-0.39, 0.29) is 39.4 Å². The molecule has 7 heteroatoms. The van der Waals surface area contributed by atoms with Crippen LogP contribution in [0.3, 0.4) is 0 Å². The fraction of sp³-hybridized carbons (Fsp3) is 0.833. The van der Waals surface area contributed by atoms with Crippen LogP contribution in [-0.2, 0) is 6.54 Å². The highest BCUT2D eigenvalue weighted by Gasteiger charge is 2.72. The highest BCUT2D eigenvalue weighted by Crippen LogP contribution is 2.75. The second kappa shape index (κ2) is 11.5. The quantitative estimate of drug-likeness (QED) is 0.244. The molecule has 244 valence electrons. The smallest absolute Gasteiger partial charge is 0.161 e. The summed E-state index contributed by atoms with van der Waals surface area (Å²) < 4.78 is 10.8. The Morgan fingerprint density at radius 3 is 2.26 bits per heavy atom. The molecule has 5 rings (SSSR count). The third-order valence-corrected chi connectivity index (χ3v) is 13.9. The van der Waals surface area contributed by atoms with Crippen LogP contribution in [0.5, 0.6) is 11.5 Å². The van der Waals surface area contributed by atoms with Gasteiger partial charge in [0.25, 0.3) is 0 Å². The molecule has 0 spiro atoms. The van der Waals surface area contributed by atoms with Crippen molar-refractivity contribution in [2.75, 3.05) is 20.8 Å². The molecule has 4 fully saturated rings. The SMILES string of the molecule is COc1ccc(CNCCC[C@](C)(O)[C@H]2CC[C@]3(C)[C@@H]2[C@H](O)C[C@@H]2[C@@]4(C)C[C@@H](O)[C@H](O)C(C)(C)[C@@H]4CC[C@]23C)cc1OC. The number of aliphatic hydroxyl groups is 4. The van der Waals surface area contributed by atoms with Crippen LogP contribution in [0.25, 0.3) is 0 Å². The number of hydrogen-bond donors (Lipinski definition) is 5. The predicted molar refractivity (Wildman–Crippen MR) is 169 cm³/mol. The van der Waals surface area contributed by atoms with E-state index in [4.69, 9.17) is 9.47 Å². The predicted octanol–water partition coefficient (Wildman–Crippen LogP) is 5.31. The Morgan fingerprint density at radius 1 is 0.907 bits per heavy atom. The molecule has 4 aliphatic carbocycles. The summed E-state index contributed by atoms with van der Waals surface area (Å²) in [4.78, 5) is 0. The topological polar surface area (TPSA) is 111 Å². The number of methoxy groups -OCH3 is 2. The molecule has 1 aromatic rings. The van der Waals surface area contributed by atoms with Crippen molar-refractivity contribution < 1.29 is 29.9 Å². The van der Waals surface area contributed by atoms with Crippen LogP contribution in [0.2, 0.25) is 0 Å². The van der Waals surface area contributed by atoms with Gasteiger partial charge in [-0.3, -0.25) is 0 Å². The summed E-state index contributed by atoms with van der Waals surface area (Å²) in [6.07, 6.45) is 4.95. The summed E-state index contributed by atoms with van der Waals surface area (Å²) in [6, 6.07) is 5.95. The van der Waals surface area contributed by atoms with Gasteiger partial charge in [-0.15, -0.1) is 0 Å². The zero-order chi connectivity index (χ0) is 31.6. The summed E-state index contributed by atoms with van der Waals surface area (Å²) in [5, 5.41) is 49.4. The van der Waals surface area contributed by atoms with E-state index >= 15 is 0 Å². The third-order valence-electron chi connectivity index (χ3n) is 13.9. The highest BCUT2D eigenvalue weighted by atomic mass is 16.5. The molecule has 4 aliphatic rings. The van der Waals surface area contributed by atoms with Crippen LogP contribution in [0, 0.1) is 45.3 Å². The first-order valence-electron chi connectivity index (χ1n) is 16.7. The first-order chi connectivity index (χ1) is 20.1. The third kappa shape index (κ3) is 5.14. The van der Waals surface area contributed by atoms with Gasteiger partial charge in [-0.1, -0.05) is 40.7 Å². The lowest BCUT2D eigenvalue weighted by molar-refractivity contribution is -0.263. The van der Waals surface area contributed by atoms with Gasteiger partial charge >= 0.3 is 0 Å². The molecule has 0 amide bonds. The maximum absolute atomic E-state index is 11.9. The van der Waals surface area contributed by atoms with Crippen molar-refractivity contribution in [3.05, 3.63) is 23.8 Å². The zero-order valence-corrected chi connectivity index (χ0v) is 27.9. The van der Waals surface area contributed by atoms with Gasteiger partial charge in [0.05, 0.1) is 38.1 Å². The number of nitrogens with one attached hydrogen (secondary N) is 1. The minimum Gasteiger partial charge on any atom is -0.493 e. The Balaban J connectivity index is 1.26. The molecule has 4 saturated carbocycles. The van der Waals surface area contributed by atoms with E-state index in [1.165, 1.54) is 0 Å². The molecule has 0 bridgehead atoms. The molecule has 11 atom stereocenters. The van der Waals surface area contributed by atoms with Crippen molar-refractivity contribution in [3.8, 4) is 11.5 Å². The van der Waals surface area contributed by atoms with E-state index < -0.39 is 23.9 Å². The van der Waals surface area contributed by atoms with E-state index in [2.05, 4.69) is 39.9 Å². The molecule has 1 aromatic carbocycles. The summed E-state index contributed by atoms with van der Waals surface area (Å²) in [7, 11) is 3.28. The summed E-state index contributed by atoms with van der Waals surface area (Å²) in [5.74, 6) is 2.11. The second-order valence-electron chi connectivity index (χ2n) is 16.3. The first kappa shape index (κ1) is 33.0. The van der Waals surface area contributed by atoms with Crippen LogP contribution < -0.4 is 14.8 Å². The molecule has 5 N–H and O–H groups in total. The molecule has 0 heterocycles. The van der Waals surface area contributed by atoms with Crippen LogP contribution >= 0.6 is 0 Å². The highest BCUT2D eigenvalue weighted by molar-refractivity contribution is 5.42. The van der Waals surface area contributed by atoms with Crippen LogP contribution in [0.15, 0.2) is 18.2 Å². The molecule has 0 saturated heterocycles. The number of rotatable bonds is 9. The molecule has 0 aliphatic heterocycles. The first-order valence-corrected chi connectivity index (χ1v) is 16.7. The van der Waals surface area contributed by atoms with E-state index in [1.807, 2.05) is 25.1 Å². The van der Waals surface area contributed by atoms with Gasteiger partial charge in [0.15, 0.2) is 11.5 Å². The second-order valence-corrected chi connectivity index (χ2v) is 16.3. The Labute approximate surface area is 259 Å². The van der Waals surface area contributed by atoms with E-state index in [0.29, 0.717) is 31.7 Å².